The average Bonchev–Trinajstić information content (AvgIpc) is 2.60. The van der Waals surface area contributed by atoms with E-state index in [4.69, 9.17) is 0 Å². The Balaban J connectivity index is 2.53. The van der Waals surface area contributed by atoms with E-state index in [2.05, 4.69) is 36.4 Å². The van der Waals surface area contributed by atoms with Crippen molar-refractivity contribution < 1.29 is 0 Å². The van der Waals surface area contributed by atoms with Gasteiger partial charge < -0.3 is 4.40 Å². The van der Waals surface area contributed by atoms with Crippen LogP contribution >= 0.6 is 0 Å². The average molecular weight is 188 g/mol. The van der Waals surface area contributed by atoms with Crippen molar-refractivity contribution in [1.82, 2.24) is 9.38 Å². The van der Waals surface area contributed by atoms with Gasteiger partial charge in [-0.25, -0.2) is 4.98 Å². The molecule has 0 fully saturated rings. The zero-order valence-electron chi connectivity index (χ0n) is 8.94. The number of imidazole rings is 1. The number of rotatable bonds is 2. The molecule has 2 rings (SSSR count). The molecule has 0 aliphatic heterocycles. The van der Waals surface area contributed by atoms with Gasteiger partial charge in [0, 0.05) is 24.0 Å². The predicted molar refractivity (Wildman–Crippen MR) is 58.4 cm³/mol. The molecule has 2 aromatic rings. The third-order valence-electron chi connectivity index (χ3n) is 2.91. The Hall–Kier alpha value is -1.31. The van der Waals surface area contributed by atoms with Gasteiger partial charge >= 0.3 is 0 Å². The van der Waals surface area contributed by atoms with Crippen LogP contribution in [0.2, 0.25) is 0 Å². The minimum absolute atomic E-state index is 0.549. The van der Waals surface area contributed by atoms with E-state index in [-0.39, 0.29) is 0 Å². The van der Waals surface area contributed by atoms with Crippen LogP contribution < -0.4 is 0 Å². The van der Waals surface area contributed by atoms with Gasteiger partial charge in [-0.1, -0.05) is 26.8 Å². The molecule has 1 atom stereocenters. The Labute approximate surface area is 84.6 Å². The summed E-state index contributed by atoms with van der Waals surface area (Å²) in [5, 5.41) is 0. The molecule has 2 heterocycles. The normalized spacial score (nSPS) is 13.7. The van der Waals surface area contributed by atoms with Crippen LogP contribution in [-0.2, 0) is 0 Å². The van der Waals surface area contributed by atoms with Crippen LogP contribution in [0, 0.1) is 5.92 Å². The van der Waals surface area contributed by atoms with Gasteiger partial charge in [0.25, 0.3) is 0 Å². The second-order valence-corrected chi connectivity index (χ2v) is 4.14. The lowest BCUT2D eigenvalue weighted by molar-refractivity contribution is 0.521. The van der Waals surface area contributed by atoms with Crippen LogP contribution in [0.4, 0.5) is 0 Å². The first-order chi connectivity index (χ1) is 6.70. The van der Waals surface area contributed by atoms with Crippen molar-refractivity contribution in [1.29, 1.82) is 0 Å². The van der Waals surface area contributed by atoms with Gasteiger partial charge in [0.05, 0.1) is 0 Å². The maximum Gasteiger partial charge on any atom is 0.136 e. The molecule has 74 valence electrons. The highest BCUT2D eigenvalue weighted by Gasteiger charge is 2.13. The van der Waals surface area contributed by atoms with E-state index < -0.39 is 0 Å². The molecular formula is C12H16N2. The van der Waals surface area contributed by atoms with Crippen molar-refractivity contribution in [2.24, 2.45) is 5.92 Å². The van der Waals surface area contributed by atoms with E-state index in [1.807, 2.05) is 24.4 Å². The van der Waals surface area contributed by atoms with Crippen molar-refractivity contribution in [3.63, 3.8) is 0 Å². The predicted octanol–water partition coefficient (Wildman–Crippen LogP) is 3.09. The Morgan fingerprint density at radius 3 is 2.71 bits per heavy atom. The number of nitrogens with zero attached hydrogens (tertiary/aromatic N) is 2. The monoisotopic (exact) mass is 188 g/mol. The highest BCUT2D eigenvalue weighted by atomic mass is 15.0. The summed E-state index contributed by atoms with van der Waals surface area (Å²) >= 11 is 0. The summed E-state index contributed by atoms with van der Waals surface area (Å²) < 4.78 is 2.17. The summed E-state index contributed by atoms with van der Waals surface area (Å²) in [5.41, 5.74) is 2.34. The molecule has 0 aromatic carbocycles. The molecule has 1 unspecified atom stereocenters. The van der Waals surface area contributed by atoms with Crippen LogP contribution in [0.5, 0.6) is 0 Å². The summed E-state index contributed by atoms with van der Waals surface area (Å²) in [7, 11) is 0. The lowest BCUT2D eigenvalue weighted by atomic mass is 9.95. The second-order valence-electron chi connectivity index (χ2n) is 4.14. The molecule has 2 nitrogen and oxygen atoms in total. The Morgan fingerprint density at radius 2 is 2.00 bits per heavy atom. The molecule has 0 spiro atoms. The zero-order chi connectivity index (χ0) is 10.1. The van der Waals surface area contributed by atoms with Gasteiger partial charge in [-0.2, -0.15) is 0 Å². The SMILES string of the molecule is CC(C)C(C)c1cnc2ccccn12. The Morgan fingerprint density at radius 1 is 1.21 bits per heavy atom. The molecule has 0 aliphatic carbocycles. The summed E-state index contributed by atoms with van der Waals surface area (Å²) in [5.74, 6) is 1.20. The second kappa shape index (κ2) is 3.45. The first kappa shape index (κ1) is 9.25. The van der Waals surface area contributed by atoms with E-state index in [0.29, 0.717) is 11.8 Å². The van der Waals surface area contributed by atoms with E-state index in [0.717, 1.165) is 5.65 Å². The topological polar surface area (TPSA) is 17.3 Å². The molecule has 0 amide bonds. The molecule has 0 bridgehead atoms. The van der Waals surface area contributed by atoms with Crippen LogP contribution in [0.1, 0.15) is 32.4 Å². The van der Waals surface area contributed by atoms with Gasteiger partial charge in [-0.05, 0) is 18.1 Å². The van der Waals surface area contributed by atoms with Gasteiger partial charge in [0.2, 0.25) is 0 Å². The van der Waals surface area contributed by atoms with Gasteiger partial charge in [0.1, 0.15) is 5.65 Å². The molecule has 2 heteroatoms. The number of hydrogen-bond acceptors (Lipinski definition) is 1. The fourth-order valence-corrected chi connectivity index (χ4v) is 1.63. The number of hydrogen-bond donors (Lipinski definition) is 0. The van der Waals surface area contributed by atoms with Crippen molar-refractivity contribution in [2.75, 3.05) is 0 Å². The fourth-order valence-electron chi connectivity index (χ4n) is 1.63. The van der Waals surface area contributed by atoms with Crippen LogP contribution in [0.25, 0.3) is 5.65 Å². The lowest BCUT2D eigenvalue weighted by Crippen LogP contribution is -2.04. The summed E-state index contributed by atoms with van der Waals surface area (Å²) in [6.07, 6.45) is 4.07. The van der Waals surface area contributed by atoms with Crippen LogP contribution in [0.3, 0.4) is 0 Å². The summed E-state index contributed by atoms with van der Waals surface area (Å²) in [6.45, 7) is 6.74. The molecule has 0 N–H and O–H groups in total. The van der Waals surface area contributed by atoms with E-state index >= 15 is 0 Å². The Kier molecular flexibility index (Phi) is 2.28. The maximum atomic E-state index is 4.39. The van der Waals surface area contributed by atoms with Crippen LogP contribution in [0.15, 0.2) is 30.6 Å². The molecular weight excluding hydrogens is 172 g/mol. The minimum Gasteiger partial charge on any atom is -0.304 e. The van der Waals surface area contributed by atoms with Gasteiger partial charge in [-0.3, -0.25) is 0 Å². The zero-order valence-corrected chi connectivity index (χ0v) is 8.94. The third kappa shape index (κ3) is 1.41. The van der Waals surface area contributed by atoms with Gasteiger partial charge in [0.15, 0.2) is 0 Å². The molecule has 2 aromatic heterocycles. The van der Waals surface area contributed by atoms with E-state index in [1.54, 1.807) is 0 Å². The highest BCUT2D eigenvalue weighted by molar-refractivity contribution is 5.40. The van der Waals surface area contributed by atoms with Crippen molar-refractivity contribution in [2.45, 2.75) is 26.7 Å². The number of pyridine rings is 1. The standard InChI is InChI=1S/C12H16N2/c1-9(2)10(3)11-8-13-12-6-4-5-7-14(11)12/h4-10H,1-3H3. The van der Waals surface area contributed by atoms with Crippen LogP contribution in [-0.4, -0.2) is 9.38 Å². The van der Waals surface area contributed by atoms with E-state index in [9.17, 15) is 0 Å². The largest absolute Gasteiger partial charge is 0.304 e. The van der Waals surface area contributed by atoms with E-state index in [1.165, 1.54) is 5.69 Å². The molecule has 14 heavy (non-hydrogen) atoms. The molecule has 0 saturated carbocycles. The molecule has 0 radical (unpaired) electrons. The quantitative estimate of drug-likeness (QED) is 0.708. The maximum absolute atomic E-state index is 4.39. The molecule has 0 aliphatic rings. The number of fused-ring (bicyclic) bond motifs is 1. The van der Waals surface area contributed by atoms with Crippen molar-refractivity contribution >= 4 is 5.65 Å². The van der Waals surface area contributed by atoms with Crippen molar-refractivity contribution in [3.8, 4) is 0 Å². The summed E-state index contributed by atoms with van der Waals surface area (Å²) in [6, 6.07) is 6.11. The smallest absolute Gasteiger partial charge is 0.136 e. The minimum atomic E-state index is 0.549. The number of aromatic nitrogens is 2. The van der Waals surface area contributed by atoms with Crippen molar-refractivity contribution in [3.05, 3.63) is 36.3 Å². The highest BCUT2D eigenvalue weighted by Crippen LogP contribution is 2.23. The third-order valence-corrected chi connectivity index (χ3v) is 2.91. The molecule has 0 saturated heterocycles. The fraction of sp³-hybridized carbons (Fsp3) is 0.417. The Bertz CT molecular complexity index is 429. The first-order valence-electron chi connectivity index (χ1n) is 5.12. The van der Waals surface area contributed by atoms with Gasteiger partial charge in [-0.15, -0.1) is 0 Å². The summed E-state index contributed by atoms with van der Waals surface area (Å²) in [4.78, 5) is 4.39. The first-order valence-corrected chi connectivity index (χ1v) is 5.12. The lowest BCUT2D eigenvalue weighted by Gasteiger charge is -2.14.